The molecule has 150 valence electrons. The molecule has 0 aliphatic heterocycles. The largest absolute Gasteiger partial charge is 0.485 e. The number of hydrogen-bond donors (Lipinski definition) is 1. The zero-order valence-corrected chi connectivity index (χ0v) is 17.4. The van der Waals surface area contributed by atoms with Gasteiger partial charge in [-0.25, -0.2) is 8.42 Å². The van der Waals surface area contributed by atoms with Gasteiger partial charge in [-0.15, -0.1) is 0 Å². The lowest BCUT2D eigenvalue weighted by molar-refractivity contribution is 0.306. The Bertz CT molecular complexity index is 1150. The minimum absolute atomic E-state index is 0.145. The van der Waals surface area contributed by atoms with E-state index in [4.69, 9.17) is 16.3 Å². The number of hydrogen-bond acceptors (Lipinski definition) is 5. The molecule has 2 heterocycles. The fourth-order valence-electron chi connectivity index (χ4n) is 3.42. The summed E-state index contributed by atoms with van der Waals surface area (Å²) in [5.41, 5.74) is 3.63. The number of nitrogens with zero attached hydrogens (tertiary/aromatic N) is 2. The van der Waals surface area contributed by atoms with Crippen molar-refractivity contribution in [3.63, 3.8) is 0 Å². The molecule has 0 fully saturated rings. The lowest BCUT2D eigenvalue weighted by Gasteiger charge is -2.18. The number of anilines is 1. The third kappa shape index (κ3) is 4.06. The number of aryl methyl sites for hydroxylation is 1. The van der Waals surface area contributed by atoms with Gasteiger partial charge in [-0.05, 0) is 49.9 Å². The van der Waals surface area contributed by atoms with Crippen molar-refractivity contribution < 1.29 is 13.2 Å². The summed E-state index contributed by atoms with van der Waals surface area (Å²) in [6.45, 7) is 1.95. The van der Waals surface area contributed by atoms with Crippen LogP contribution in [0.4, 0.5) is 5.69 Å². The van der Waals surface area contributed by atoms with E-state index < -0.39 is 10.0 Å². The van der Waals surface area contributed by atoms with Crippen molar-refractivity contribution in [3.8, 4) is 5.75 Å². The van der Waals surface area contributed by atoms with E-state index in [0.29, 0.717) is 22.0 Å². The van der Waals surface area contributed by atoms with Crippen molar-refractivity contribution in [2.75, 3.05) is 4.72 Å². The summed E-state index contributed by atoms with van der Waals surface area (Å²) < 4.78 is 35.0. The SMILES string of the molecule is Cc1c(Cl)cccc1S(=O)(=O)Nc1c(OCc2cccnc2)cnc2c1CCC2. The third-order valence-corrected chi connectivity index (χ3v) is 6.84. The number of rotatable bonds is 6. The molecule has 0 saturated carbocycles. The van der Waals surface area contributed by atoms with E-state index in [0.717, 1.165) is 36.1 Å². The first-order valence-corrected chi connectivity index (χ1v) is 11.1. The molecule has 0 unspecified atom stereocenters. The van der Waals surface area contributed by atoms with Gasteiger partial charge in [0.25, 0.3) is 10.0 Å². The lowest BCUT2D eigenvalue weighted by Crippen LogP contribution is -2.17. The topological polar surface area (TPSA) is 81.2 Å². The van der Waals surface area contributed by atoms with E-state index in [2.05, 4.69) is 14.7 Å². The average Bonchev–Trinajstić information content (AvgIpc) is 3.19. The van der Waals surface area contributed by atoms with E-state index in [9.17, 15) is 8.42 Å². The first-order valence-electron chi connectivity index (χ1n) is 9.26. The van der Waals surface area contributed by atoms with E-state index in [-0.39, 0.29) is 11.5 Å². The second-order valence-electron chi connectivity index (χ2n) is 6.89. The Kier molecular flexibility index (Phi) is 5.43. The molecule has 0 bridgehead atoms. The average molecular weight is 430 g/mol. The van der Waals surface area contributed by atoms with Gasteiger partial charge in [-0.1, -0.05) is 23.7 Å². The van der Waals surface area contributed by atoms with Crippen molar-refractivity contribution >= 4 is 27.3 Å². The standard InChI is InChI=1S/C21H20ClN3O3S/c1-14-17(22)7-3-9-20(14)29(26,27)25-21-16-6-2-8-18(16)24-12-19(21)28-13-15-5-4-10-23-11-15/h3-5,7,9-12H,2,6,8,13H2,1H3,(H,24,25). The minimum atomic E-state index is -3.85. The van der Waals surface area contributed by atoms with Gasteiger partial charge < -0.3 is 4.74 Å². The van der Waals surface area contributed by atoms with Gasteiger partial charge in [0, 0.05) is 34.2 Å². The lowest BCUT2D eigenvalue weighted by atomic mass is 10.2. The van der Waals surface area contributed by atoms with Crippen molar-refractivity contribution in [1.29, 1.82) is 0 Å². The van der Waals surface area contributed by atoms with Crippen LogP contribution in [0.3, 0.4) is 0 Å². The van der Waals surface area contributed by atoms with Gasteiger partial charge in [0.15, 0.2) is 5.75 Å². The summed E-state index contributed by atoms with van der Waals surface area (Å²) in [6, 6.07) is 8.56. The minimum Gasteiger partial charge on any atom is -0.485 e. The van der Waals surface area contributed by atoms with Gasteiger partial charge in [0.1, 0.15) is 6.61 Å². The molecule has 1 aliphatic carbocycles. The predicted molar refractivity (Wildman–Crippen MR) is 112 cm³/mol. The monoisotopic (exact) mass is 429 g/mol. The van der Waals surface area contributed by atoms with Crippen LogP contribution in [0.2, 0.25) is 5.02 Å². The molecule has 0 atom stereocenters. The van der Waals surface area contributed by atoms with E-state index in [1.165, 1.54) is 0 Å². The van der Waals surface area contributed by atoms with Crippen LogP contribution in [0.1, 0.15) is 28.8 Å². The van der Waals surface area contributed by atoms with Crippen molar-refractivity contribution in [3.05, 3.63) is 76.3 Å². The maximum atomic E-state index is 13.1. The molecule has 6 nitrogen and oxygen atoms in total. The van der Waals surface area contributed by atoms with E-state index in [1.807, 2.05) is 12.1 Å². The summed E-state index contributed by atoms with van der Waals surface area (Å²) in [7, 11) is -3.85. The number of halogens is 1. The third-order valence-electron chi connectivity index (χ3n) is 4.94. The van der Waals surface area contributed by atoms with Crippen molar-refractivity contribution in [2.24, 2.45) is 0 Å². The Balaban J connectivity index is 1.70. The quantitative estimate of drug-likeness (QED) is 0.631. The highest BCUT2D eigenvalue weighted by molar-refractivity contribution is 7.92. The van der Waals surface area contributed by atoms with Crippen LogP contribution in [0.5, 0.6) is 5.75 Å². The van der Waals surface area contributed by atoms with Crippen LogP contribution in [0, 0.1) is 6.92 Å². The Hall–Kier alpha value is -2.64. The molecule has 1 N–H and O–H groups in total. The van der Waals surface area contributed by atoms with Crippen LogP contribution >= 0.6 is 11.6 Å². The normalized spacial score (nSPS) is 13.2. The second-order valence-corrected chi connectivity index (χ2v) is 8.95. The van der Waals surface area contributed by atoms with Crippen LogP contribution in [0.15, 0.2) is 53.8 Å². The summed E-state index contributed by atoms with van der Waals surface area (Å²) in [6.07, 6.45) is 7.48. The second kappa shape index (κ2) is 8.00. The van der Waals surface area contributed by atoms with Gasteiger partial charge in [0.2, 0.25) is 0 Å². The van der Waals surface area contributed by atoms with Crippen LogP contribution < -0.4 is 9.46 Å². The molecule has 2 aromatic heterocycles. The zero-order valence-electron chi connectivity index (χ0n) is 15.9. The molecular formula is C21H20ClN3O3S. The van der Waals surface area contributed by atoms with Gasteiger partial charge in [0.05, 0.1) is 16.8 Å². The zero-order chi connectivity index (χ0) is 20.4. The molecule has 29 heavy (non-hydrogen) atoms. The Morgan fingerprint density at radius 2 is 2.03 bits per heavy atom. The van der Waals surface area contributed by atoms with Crippen molar-refractivity contribution in [2.45, 2.75) is 37.7 Å². The van der Waals surface area contributed by atoms with Crippen molar-refractivity contribution in [1.82, 2.24) is 9.97 Å². The number of ether oxygens (including phenoxy) is 1. The number of sulfonamides is 1. The van der Waals surface area contributed by atoms with Gasteiger partial charge in [-0.2, -0.15) is 0 Å². The Labute approximate surface area is 175 Å². The fourth-order valence-corrected chi connectivity index (χ4v) is 5.03. The molecule has 1 aromatic carbocycles. The Morgan fingerprint density at radius 1 is 1.17 bits per heavy atom. The molecule has 4 rings (SSSR count). The predicted octanol–water partition coefficient (Wildman–Crippen LogP) is 4.31. The van der Waals surface area contributed by atoms with E-state index in [1.54, 1.807) is 43.7 Å². The molecule has 0 amide bonds. The smallest absolute Gasteiger partial charge is 0.262 e. The highest BCUT2D eigenvalue weighted by atomic mass is 35.5. The molecule has 8 heteroatoms. The molecule has 3 aromatic rings. The van der Waals surface area contributed by atoms with Crippen LogP contribution in [0.25, 0.3) is 0 Å². The maximum absolute atomic E-state index is 13.1. The molecule has 0 radical (unpaired) electrons. The maximum Gasteiger partial charge on any atom is 0.262 e. The summed E-state index contributed by atoms with van der Waals surface area (Å²) in [4.78, 5) is 8.69. The summed E-state index contributed by atoms with van der Waals surface area (Å²) in [5.74, 6) is 0.401. The highest BCUT2D eigenvalue weighted by Gasteiger charge is 2.26. The number of benzene rings is 1. The van der Waals surface area contributed by atoms with Gasteiger partial charge >= 0.3 is 0 Å². The summed E-state index contributed by atoms with van der Waals surface area (Å²) >= 11 is 6.13. The fraction of sp³-hybridized carbons (Fsp3) is 0.238. The van der Waals surface area contributed by atoms with Crippen LogP contribution in [-0.4, -0.2) is 18.4 Å². The highest BCUT2D eigenvalue weighted by Crippen LogP contribution is 2.37. The molecule has 0 saturated heterocycles. The van der Waals surface area contributed by atoms with Crippen LogP contribution in [-0.2, 0) is 29.5 Å². The number of pyridine rings is 2. The first kappa shape index (κ1) is 19.7. The van der Waals surface area contributed by atoms with Gasteiger partial charge in [-0.3, -0.25) is 14.7 Å². The van der Waals surface area contributed by atoms with E-state index >= 15 is 0 Å². The molecular weight excluding hydrogens is 410 g/mol. The molecule has 1 aliphatic rings. The summed E-state index contributed by atoms with van der Waals surface area (Å²) in [5, 5.41) is 0.404. The Morgan fingerprint density at radius 3 is 2.83 bits per heavy atom. The number of aromatic nitrogens is 2. The number of nitrogens with one attached hydrogen (secondary N) is 1. The molecule has 0 spiro atoms. The first-order chi connectivity index (χ1) is 14.0. The number of fused-ring (bicyclic) bond motifs is 1.